The maximum Gasteiger partial charge on any atom is 0.270 e. The number of piperidine rings is 1. The van der Waals surface area contributed by atoms with Crippen LogP contribution in [-0.4, -0.2) is 50.8 Å². The highest BCUT2D eigenvalue weighted by Crippen LogP contribution is 2.23. The van der Waals surface area contributed by atoms with Crippen LogP contribution in [0.2, 0.25) is 0 Å². The molecule has 0 N–H and O–H groups in total. The number of amides is 2. The molecule has 0 saturated carbocycles. The van der Waals surface area contributed by atoms with Crippen molar-refractivity contribution in [2.75, 3.05) is 24.6 Å². The molecule has 30 heavy (non-hydrogen) atoms. The lowest BCUT2D eigenvalue weighted by Gasteiger charge is -2.30. The Morgan fingerprint density at radius 1 is 1.43 bits per heavy atom. The molecule has 1 aliphatic heterocycles. The first-order valence-corrected chi connectivity index (χ1v) is 11.7. The lowest BCUT2D eigenvalue weighted by atomic mass is 10.0. The van der Waals surface area contributed by atoms with E-state index in [2.05, 4.69) is 18.5 Å². The van der Waals surface area contributed by atoms with Crippen molar-refractivity contribution in [3.63, 3.8) is 0 Å². The van der Waals surface area contributed by atoms with E-state index in [1.54, 1.807) is 16.7 Å². The zero-order valence-corrected chi connectivity index (χ0v) is 18.4. The van der Waals surface area contributed by atoms with Gasteiger partial charge in [-0.3, -0.25) is 19.7 Å². The first-order chi connectivity index (χ1) is 14.4. The molecule has 2 aromatic rings. The maximum absolute atomic E-state index is 12.4. The Morgan fingerprint density at radius 3 is 2.93 bits per heavy atom. The Kier molecular flexibility index (Phi) is 7.43. The van der Waals surface area contributed by atoms with Crippen molar-refractivity contribution in [1.29, 1.82) is 0 Å². The lowest BCUT2D eigenvalue weighted by Crippen LogP contribution is -2.40. The molecule has 2 heterocycles. The standard InChI is InChI=1S/C20H24N4O4S2/c1-3-8-23-16-7-6-15(24(27)28)10-17(16)30-20(23)21-18(25)12-29-13-19(26)22-9-4-5-14(2)11-22/h3,6-7,10,14H,1,4-5,8-9,11-13H2,2H3. The predicted octanol–water partition coefficient (Wildman–Crippen LogP) is 3.22. The molecule has 1 unspecified atom stereocenters. The number of rotatable bonds is 7. The fraction of sp³-hybridized carbons (Fsp3) is 0.450. The minimum absolute atomic E-state index is 0.00604. The first-order valence-electron chi connectivity index (χ1n) is 9.70. The number of hydrogen-bond acceptors (Lipinski definition) is 6. The quantitative estimate of drug-likeness (QED) is 0.368. The van der Waals surface area contributed by atoms with Crippen LogP contribution in [-0.2, 0) is 16.1 Å². The molecule has 160 valence electrons. The molecular weight excluding hydrogens is 424 g/mol. The van der Waals surface area contributed by atoms with Gasteiger partial charge in [0.25, 0.3) is 11.6 Å². The number of aromatic nitrogens is 1. The summed E-state index contributed by atoms with van der Waals surface area (Å²) in [6.45, 7) is 7.88. The molecule has 1 fully saturated rings. The van der Waals surface area contributed by atoms with E-state index in [9.17, 15) is 19.7 Å². The number of allylic oxidation sites excluding steroid dienone is 1. The molecule has 3 rings (SSSR count). The van der Waals surface area contributed by atoms with Crippen molar-refractivity contribution in [1.82, 2.24) is 9.47 Å². The SMILES string of the molecule is C=CCn1c(=NC(=O)CSCC(=O)N2CCCC(C)C2)sc2cc([N+](=O)[O-])ccc21. The Bertz CT molecular complexity index is 1040. The van der Waals surface area contributed by atoms with Crippen molar-refractivity contribution >= 4 is 50.8 Å². The van der Waals surface area contributed by atoms with Gasteiger partial charge < -0.3 is 9.47 Å². The van der Waals surface area contributed by atoms with Crippen molar-refractivity contribution < 1.29 is 14.5 Å². The normalized spacial score (nSPS) is 17.3. The maximum atomic E-state index is 12.4. The fourth-order valence-corrected chi connectivity index (χ4v) is 5.23. The molecule has 0 aliphatic carbocycles. The van der Waals surface area contributed by atoms with Gasteiger partial charge in [0.05, 0.1) is 26.6 Å². The fourth-order valence-electron chi connectivity index (χ4n) is 3.44. The summed E-state index contributed by atoms with van der Waals surface area (Å²) in [7, 11) is 0. The summed E-state index contributed by atoms with van der Waals surface area (Å²) in [5.41, 5.74) is 0.757. The number of carbonyl (C=O) groups is 2. The van der Waals surface area contributed by atoms with Crippen LogP contribution in [0.25, 0.3) is 10.2 Å². The van der Waals surface area contributed by atoms with E-state index in [0.717, 1.165) is 31.4 Å². The zero-order chi connectivity index (χ0) is 21.7. The van der Waals surface area contributed by atoms with Crippen molar-refractivity contribution in [2.24, 2.45) is 10.9 Å². The van der Waals surface area contributed by atoms with Gasteiger partial charge in [-0.25, -0.2) is 0 Å². The van der Waals surface area contributed by atoms with Crippen LogP contribution < -0.4 is 4.80 Å². The van der Waals surface area contributed by atoms with Crippen molar-refractivity contribution in [3.05, 3.63) is 45.8 Å². The molecule has 0 bridgehead atoms. The summed E-state index contributed by atoms with van der Waals surface area (Å²) in [6, 6.07) is 4.57. The Balaban J connectivity index is 1.69. The van der Waals surface area contributed by atoms with Crippen LogP contribution in [0.4, 0.5) is 5.69 Å². The topological polar surface area (TPSA) is 97.8 Å². The number of nitro benzene ring substituents is 1. The molecule has 0 spiro atoms. The van der Waals surface area contributed by atoms with Crippen LogP contribution in [0, 0.1) is 16.0 Å². The highest BCUT2D eigenvalue weighted by atomic mass is 32.2. The summed E-state index contributed by atoms with van der Waals surface area (Å²) >= 11 is 2.49. The van der Waals surface area contributed by atoms with Crippen molar-refractivity contribution in [3.8, 4) is 0 Å². The summed E-state index contributed by atoms with van der Waals surface area (Å²) < 4.78 is 2.49. The smallest absolute Gasteiger partial charge is 0.270 e. The summed E-state index contributed by atoms with van der Waals surface area (Å²) in [5, 5.41) is 11.0. The number of likely N-dealkylation sites (tertiary alicyclic amines) is 1. The van der Waals surface area contributed by atoms with E-state index >= 15 is 0 Å². The third-order valence-corrected chi connectivity index (χ3v) is 6.81. The molecule has 1 aliphatic rings. The third kappa shape index (κ3) is 5.37. The van der Waals surface area contributed by atoms with E-state index in [-0.39, 0.29) is 29.0 Å². The monoisotopic (exact) mass is 448 g/mol. The van der Waals surface area contributed by atoms with Gasteiger partial charge in [-0.1, -0.05) is 24.3 Å². The molecule has 1 saturated heterocycles. The van der Waals surface area contributed by atoms with Gasteiger partial charge in [0.2, 0.25) is 5.91 Å². The number of nitro groups is 1. The third-order valence-electron chi connectivity index (χ3n) is 4.87. The molecule has 2 amide bonds. The van der Waals surface area contributed by atoms with Gasteiger partial charge >= 0.3 is 0 Å². The van der Waals surface area contributed by atoms with E-state index in [1.807, 2.05) is 4.90 Å². The number of carbonyl (C=O) groups excluding carboxylic acids is 2. The average Bonchev–Trinajstić information content (AvgIpc) is 3.04. The first kappa shape index (κ1) is 22.2. The number of hydrogen-bond donors (Lipinski definition) is 0. The zero-order valence-electron chi connectivity index (χ0n) is 16.8. The van der Waals surface area contributed by atoms with Crippen molar-refractivity contribution in [2.45, 2.75) is 26.3 Å². The number of nitrogens with zero attached hydrogens (tertiary/aromatic N) is 4. The van der Waals surface area contributed by atoms with Gasteiger partial charge in [0, 0.05) is 31.8 Å². The molecule has 0 radical (unpaired) electrons. The minimum atomic E-state index is -0.449. The Labute approximate surface area is 182 Å². The second kappa shape index (κ2) is 10.0. The number of thioether (sulfide) groups is 1. The number of benzene rings is 1. The van der Waals surface area contributed by atoms with Crippen LogP contribution >= 0.6 is 23.1 Å². The lowest BCUT2D eigenvalue weighted by molar-refractivity contribution is -0.384. The van der Waals surface area contributed by atoms with Gasteiger partial charge in [-0.05, 0) is 24.8 Å². The van der Waals surface area contributed by atoms with E-state index < -0.39 is 4.92 Å². The molecule has 1 aromatic heterocycles. The molecule has 10 heteroatoms. The molecular formula is C20H24N4O4S2. The minimum Gasteiger partial charge on any atom is -0.342 e. The molecule has 1 atom stereocenters. The number of thiazole rings is 1. The molecule has 1 aromatic carbocycles. The summed E-state index contributed by atoms with van der Waals surface area (Å²) in [6.07, 6.45) is 3.86. The van der Waals surface area contributed by atoms with Crippen LogP contribution in [0.1, 0.15) is 19.8 Å². The van der Waals surface area contributed by atoms with E-state index in [1.165, 1.54) is 35.2 Å². The average molecular weight is 449 g/mol. The van der Waals surface area contributed by atoms with Gasteiger partial charge in [-0.15, -0.1) is 18.3 Å². The Hall–Kier alpha value is -2.46. The second-order valence-electron chi connectivity index (χ2n) is 7.28. The predicted molar refractivity (Wildman–Crippen MR) is 120 cm³/mol. The van der Waals surface area contributed by atoms with Gasteiger partial charge in [0.15, 0.2) is 4.80 Å². The molecule has 8 nitrogen and oxygen atoms in total. The van der Waals surface area contributed by atoms with Gasteiger partial charge in [0.1, 0.15) is 0 Å². The van der Waals surface area contributed by atoms with Crippen LogP contribution in [0.5, 0.6) is 0 Å². The highest BCUT2D eigenvalue weighted by molar-refractivity contribution is 8.00. The number of non-ortho nitro benzene ring substituents is 1. The van der Waals surface area contributed by atoms with E-state index in [0.29, 0.717) is 22.0 Å². The van der Waals surface area contributed by atoms with E-state index in [4.69, 9.17) is 0 Å². The second-order valence-corrected chi connectivity index (χ2v) is 9.27. The summed E-state index contributed by atoms with van der Waals surface area (Å²) in [5.74, 6) is 0.624. The van der Waals surface area contributed by atoms with Gasteiger partial charge in [-0.2, -0.15) is 4.99 Å². The highest BCUT2D eigenvalue weighted by Gasteiger charge is 2.21. The van der Waals surface area contributed by atoms with Crippen LogP contribution in [0.15, 0.2) is 35.8 Å². The largest absolute Gasteiger partial charge is 0.342 e. The van der Waals surface area contributed by atoms with Crippen LogP contribution in [0.3, 0.4) is 0 Å². The summed E-state index contributed by atoms with van der Waals surface area (Å²) in [4.78, 5) is 41.8. The Morgan fingerprint density at radius 2 is 2.23 bits per heavy atom. The number of fused-ring (bicyclic) bond motifs is 1.